The maximum Gasteiger partial charge on any atom is 0.170 e. The molecule has 5 rings (SSSR count). The first-order chi connectivity index (χ1) is 15.5. The average Bonchev–Trinajstić information content (AvgIpc) is 2.79. The molecule has 0 spiro atoms. The number of nitrogens with zero attached hydrogens (tertiary/aromatic N) is 3. The van der Waals surface area contributed by atoms with Crippen molar-refractivity contribution in [3.05, 3.63) is 60.2 Å². The number of hydrogen-bond donors (Lipinski definition) is 2. The van der Waals surface area contributed by atoms with Crippen molar-refractivity contribution in [2.24, 2.45) is 11.8 Å². The number of nitrogens with one attached hydrogen (secondary N) is 2. The maximum absolute atomic E-state index is 5.56. The van der Waals surface area contributed by atoms with Gasteiger partial charge in [0.1, 0.15) is 0 Å². The van der Waals surface area contributed by atoms with E-state index >= 15 is 0 Å². The number of benzene rings is 2. The fourth-order valence-corrected chi connectivity index (χ4v) is 5.46. The second-order valence-electron chi connectivity index (χ2n) is 9.65. The van der Waals surface area contributed by atoms with Gasteiger partial charge in [-0.3, -0.25) is 4.90 Å². The zero-order valence-corrected chi connectivity index (χ0v) is 20.4. The highest BCUT2D eigenvalue weighted by Crippen LogP contribution is 2.36. The van der Waals surface area contributed by atoms with E-state index in [1.807, 2.05) is 14.1 Å². The predicted molar refractivity (Wildman–Crippen MR) is 139 cm³/mol. The molecule has 0 aromatic heterocycles. The summed E-state index contributed by atoms with van der Waals surface area (Å²) in [6, 6.07) is 19.7. The third kappa shape index (κ3) is 6.00. The minimum Gasteiger partial charge on any atom is -0.378 e. The van der Waals surface area contributed by atoms with Crippen LogP contribution in [0.5, 0.6) is 0 Å². The Morgan fingerprint density at radius 1 is 1.06 bits per heavy atom. The van der Waals surface area contributed by atoms with Crippen molar-refractivity contribution in [2.45, 2.75) is 25.4 Å². The highest BCUT2D eigenvalue weighted by molar-refractivity contribution is 7.80. The Labute approximate surface area is 198 Å². The zero-order chi connectivity index (χ0) is 22.5. The van der Waals surface area contributed by atoms with Crippen molar-refractivity contribution in [3.8, 4) is 0 Å². The third-order valence-electron chi connectivity index (χ3n) is 7.00. The van der Waals surface area contributed by atoms with E-state index < -0.39 is 0 Å². The fourth-order valence-electron chi connectivity index (χ4n) is 5.26. The Morgan fingerprint density at radius 3 is 2.47 bits per heavy atom. The highest BCUT2D eigenvalue weighted by atomic mass is 32.1. The van der Waals surface area contributed by atoms with Crippen molar-refractivity contribution < 1.29 is 0 Å². The van der Waals surface area contributed by atoms with Gasteiger partial charge in [0.05, 0.1) is 0 Å². The third-order valence-corrected chi connectivity index (χ3v) is 7.24. The van der Waals surface area contributed by atoms with E-state index in [1.165, 1.54) is 43.7 Å². The molecule has 3 saturated heterocycles. The molecular formula is C26H37N5S. The number of piperidine rings is 3. The highest BCUT2D eigenvalue weighted by Gasteiger charge is 2.40. The summed E-state index contributed by atoms with van der Waals surface area (Å²) in [5.74, 6) is 1.60. The molecule has 3 heterocycles. The number of anilines is 2. The first-order valence-electron chi connectivity index (χ1n) is 11.8. The number of hydrogen-bond acceptors (Lipinski definition) is 4. The van der Waals surface area contributed by atoms with Gasteiger partial charge < -0.3 is 20.4 Å². The average molecular weight is 452 g/mol. The molecule has 6 heteroatoms. The molecule has 3 aliphatic heterocycles. The van der Waals surface area contributed by atoms with Crippen LogP contribution in [0.3, 0.4) is 0 Å². The molecule has 4 unspecified atom stereocenters. The zero-order valence-electron chi connectivity index (χ0n) is 19.6. The Bertz CT molecular complexity index is 870. The molecular weight excluding hydrogens is 414 g/mol. The standard InChI is InChI=1S/C26H37N5S/c1-29(2)24-11-9-23(10-12-24)28-26(32)27-16-25-15-21-13-14-31(25)19-22(21)18-30(3)17-20-7-5-4-6-8-20/h4-12,21-22,25H,13-19H2,1-3H3,(H2,27,28,32). The van der Waals surface area contributed by atoms with Crippen molar-refractivity contribution >= 4 is 28.7 Å². The second kappa shape index (κ2) is 10.6. The minimum absolute atomic E-state index is 0.584. The second-order valence-corrected chi connectivity index (χ2v) is 10.1. The molecule has 0 radical (unpaired) electrons. The van der Waals surface area contributed by atoms with Crippen LogP contribution in [0.25, 0.3) is 0 Å². The molecule has 4 atom stereocenters. The summed E-state index contributed by atoms with van der Waals surface area (Å²) in [5.41, 5.74) is 3.61. The van der Waals surface area contributed by atoms with E-state index in [4.69, 9.17) is 12.2 Å². The number of thiocarbonyl (C=S) groups is 1. The monoisotopic (exact) mass is 451 g/mol. The molecule has 2 aromatic carbocycles. The molecule has 2 aromatic rings. The summed E-state index contributed by atoms with van der Waals surface area (Å²) in [6.07, 6.45) is 2.61. The van der Waals surface area contributed by atoms with E-state index in [0.29, 0.717) is 11.2 Å². The van der Waals surface area contributed by atoms with Crippen LogP contribution in [-0.4, -0.2) is 68.3 Å². The molecule has 0 amide bonds. The van der Waals surface area contributed by atoms with Crippen LogP contribution in [-0.2, 0) is 6.54 Å². The van der Waals surface area contributed by atoms with E-state index in [9.17, 15) is 0 Å². The van der Waals surface area contributed by atoms with Crippen LogP contribution in [0.2, 0.25) is 0 Å². The molecule has 172 valence electrons. The van der Waals surface area contributed by atoms with Gasteiger partial charge in [-0.25, -0.2) is 0 Å². The van der Waals surface area contributed by atoms with Crippen molar-refractivity contribution in [1.82, 2.24) is 15.1 Å². The molecule has 2 bridgehead atoms. The topological polar surface area (TPSA) is 33.8 Å². The molecule has 3 aliphatic rings. The SMILES string of the molecule is CN(Cc1ccccc1)CC1CN2CCC1CC2CNC(=S)Nc1ccc(N(C)C)cc1. The predicted octanol–water partition coefficient (Wildman–Crippen LogP) is 3.88. The Kier molecular flexibility index (Phi) is 7.66. The minimum atomic E-state index is 0.584. The van der Waals surface area contributed by atoms with Gasteiger partial charge in [-0.15, -0.1) is 0 Å². The van der Waals surface area contributed by atoms with E-state index in [2.05, 4.69) is 87.0 Å². The summed E-state index contributed by atoms with van der Waals surface area (Å²) >= 11 is 5.56. The molecule has 5 nitrogen and oxygen atoms in total. The Morgan fingerprint density at radius 2 is 1.81 bits per heavy atom. The Balaban J connectivity index is 1.22. The van der Waals surface area contributed by atoms with Gasteiger partial charge in [0.25, 0.3) is 0 Å². The number of rotatable bonds is 8. The largest absolute Gasteiger partial charge is 0.378 e. The van der Waals surface area contributed by atoms with Gasteiger partial charge in [0.2, 0.25) is 0 Å². The van der Waals surface area contributed by atoms with E-state index in [1.54, 1.807) is 0 Å². The van der Waals surface area contributed by atoms with Crippen LogP contribution >= 0.6 is 12.2 Å². The summed E-state index contributed by atoms with van der Waals surface area (Å²) in [7, 11) is 6.36. The van der Waals surface area contributed by atoms with Gasteiger partial charge in [0.15, 0.2) is 5.11 Å². The van der Waals surface area contributed by atoms with E-state index in [0.717, 1.165) is 30.6 Å². The van der Waals surface area contributed by atoms with Gasteiger partial charge in [-0.05, 0) is 80.3 Å². The summed E-state index contributed by atoms with van der Waals surface area (Å²) < 4.78 is 0. The molecule has 0 saturated carbocycles. The summed E-state index contributed by atoms with van der Waals surface area (Å²) in [5, 5.41) is 7.51. The lowest BCUT2D eigenvalue weighted by Crippen LogP contribution is -2.58. The number of fused-ring (bicyclic) bond motifs is 3. The van der Waals surface area contributed by atoms with Crippen LogP contribution in [0.15, 0.2) is 54.6 Å². The van der Waals surface area contributed by atoms with Crippen LogP contribution < -0.4 is 15.5 Å². The van der Waals surface area contributed by atoms with Gasteiger partial charge in [-0.2, -0.15) is 0 Å². The first-order valence-corrected chi connectivity index (χ1v) is 12.2. The van der Waals surface area contributed by atoms with E-state index in [-0.39, 0.29) is 0 Å². The van der Waals surface area contributed by atoms with Crippen LogP contribution in [0.1, 0.15) is 18.4 Å². The van der Waals surface area contributed by atoms with Gasteiger partial charge in [0, 0.05) is 57.7 Å². The van der Waals surface area contributed by atoms with Gasteiger partial charge >= 0.3 is 0 Å². The van der Waals surface area contributed by atoms with Crippen molar-refractivity contribution in [2.75, 3.05) is 57.5 Å². The Hall–Kier alpha value is -2.15. The molecule has 3 fully saturated rings. The van der Waals surface area contributed by atoms with Crippen molar-refractivity contribution in [3.63, 3.8) is 0 Å². The molecule has 32 heavy (non-hydrogen) atoms. The normalized spacial score (nSPS) is 24.4. The lowest BCUT2D eigenvalue weighted by atomic mass is 9.75. The lowest BCUT2D eigenvalue weighted by molar-refractivity contribution is -0.00845. The molecule has 2 N–H and O–H groups in total. The first kappa shape index (κ1) is 23.0. The molecule has 0 aliphatic carbocycles. The van der Waals surface area contributed by atoms with Gasteiger partial charge in [-0.1, -0.05) is 30.3 Å². The summed E-state index contributed by atoms with van der Waals surface area (Å²) in [6.45, 7) is 5.57. The van der Waals surface area contributed by atoms with Crippen LogP contribution in [0.4, 0.5) is 11.4 Å². The smallest absolute Gasteiger partial charge is 0.170 e. The fraction of sp³-hybridized carbons (Fsp3) is 0.500. The quantitative estimate of drug-likeness (QED) is 0.593. The maximum atomic E-state index is 5.56. The summed E-state index contributed by atoms with van der Waals surface area (Å²) in [4.78, 5) is 7.28. The van der Waals surface area contributed by atoms with Crippen LogP contribution in [0, 0.1) is 11.8 Å². The lowest BCUT2D eigenvalue weighted by Gasteiger charge is -2.50. The van der Waals surface area contributed by atoms with Crippen molar-refractivity contribution in [1.29, 1.82) is 0 Å².